The Morgan fingerprint density at radius 1 is 1.44 bits per heavy atom. The van der Waals surface area contributed by atoms with E-state index in [2.05, 4.69) is 34.5 Å². The smallest absolute Gasteiger partial charge is 0.411 e. The lowest BCUT2D eigenvalue weighted by atomic mass is 10.1. The summed E-state index contributed by atoms with van der Waals surface area (Å²) >= 11 is 2.15. The molecule has 0 aliphatic heterocycles. The molecule has 6 heteroatoms. The second kappa shape index (κ2) is 7.60. The first-order valence-electron chi connectivity index (χ1n) is 5.64. The number of carboxylic acid groups (broad SMARTS) is 1. The van der Waals surface area contributed by atoms with Gasteiger partial charge in [0.1, 0.15) is 5.60 Å². The van der Waals surface area contributed by atoms with Gasteiger partial charge >= 0.3 is 12.1 Å². The highest BCUT2D eigenvalue weighted by Gasteiger charge is 2.17. The fourth-order valence-corrected chi connectivity index (χ4v) is 1.99. The van der Waals surface area contributed by atoms with Gasteiger partial charge in [0, 0.05) is 16.0 Å². The van der Waals surface area contributed by atoms with Crippen molar-refractivity contribution in [2.75, 3.05) is 0 Å². The van der Waals surface area contributed by atoms with E-state index in [9.17, 15) is 9.59 Å². The molecule has 0 aromatic heterocycles. The molecule has 0 radical (unpaired) electrons. The van der Waals surface area contributed by atoms with Crippen LogP contribution in [0.3, 0.4) is 0 Å². The molecule has 1 amide bonds. The van der Waals surface area contributed by atoms with Crippen LogP contribution < -0.4 is 5.32 Å². The van der Waals surface area contributed by atoms with E-state index in [0.717, 1.165) is 0 Å². The highest BCUT2D eigenvalue weighted by Crippen LogP contribution is 2.17. The normalized spacial score (nSPS) is 12.7. The van der Waals surface area contributed by atoms with Crippen LogP contribution in [-0.4, -0.2) is 26.7 Å². The van der Waals surface area contributed by atoms with E-state index in [1.807, 2.05) is 0 Å². The Balaban J connectivity index is 3.96. The topological polar surface area (TPSA) is 75.6 Å². The van der Waals surface area contributed by atoms with Crippen LogP contribution in [0.2, 0.25) is 0 Å². The van der Waals surface area contributed by atoms with E-state index in [1.165, 1.54) is 0 Å². The van der Waals surface area contributed by atoms with Crippen LogP contribution in [0.4, 0.5) is 4.79 Å². The maximum absolute atomic E-state index is 11.4. The third-order valence-electron chi connectivity index (χ3n) is 1.82. The van der Waals surface area contributed by atoms with E-state index in [4.69, 9.17) is 9.84 Å². The second-order valence-electron chi connectivity index (χ2n) is 4.96. The van der Waals surface area contributed by atoms with Crippen molar-refractivity contribution in [2.45, 2.75) is 49.6 Å². The summed E-state index contributed by atoms with van der Waals surface area (Å²) in [5, 5.41) is 11.1. The van der Waals surface area contributed by atoms with Crippen LogP contribution in [0.1, 0.15) is 40.0 Å². The van der Waals surface area contributed by atoms with Crippen LogP contribution in [0.25, 0.3) is 0 Å². The number of carbonyl (C=O) groups is 2. The van der Waals surface area contributed by atoms with Crippen molar-refractivity contribution in [2.24, 2.45) is 0 Å². The van der Waals surface area contributed by atoms with Crippen LogP contribution in [0.5, 0.6) is 0 Å². The van der Waals surface area contributed by atoms with E-state index >= 15 is 0 Å². The van der Waals surface area contributed by atoms with Gasteiger partial charge in [0.05, 0.1) is 0 Å². The number of alkyl carbamates (subject to hydrolysis) is 1. The number of allylic oxidation sites excluding steroid dienone is 1. The fourth-order valence-electron chi connectivity index (χ4n) is 1.15. The van der Waals surface area contributed by atoms with Gasteiger partial charge in [-0.15, -0.1) is 0 Å². The van der Waals surface area contributed by atoms with E-state index in [0.29, 0.717) is 18.5 Å². The number of halogens is 1. The maximum atomic E-state index is 11.4. The molecule has 0 spiro atoms. The zero-order valence-corrected chi connectivity index (χ0v) is 13.1. The highest BCUT2D eigenvalue weighted by molar-refractivity contribution is 14.1. The summed E-state index contributed by atoms with van der Waals surface area (Å²) in [6, 6.07) is 0. The SMILES string of the molecule is C=C(C[C@@H](I)CCC(=O)O)NC(=O)OC(C)(C)C. The van der Waals surface area contributed by atoms with Gasteiger partial charge in [-0.1, -0.05) is 29.2 Å². The second-order valence-corrected chi connectivity index (χ2v) is 6.73. The quantitative estimate of drug-likeness (QED) is 0.557. The molecular formula is C12H20INO4. The Morgan fingerprint density at radius 2 is 2.00 bits per heavy atom. The summed E-state index contributed by atoms with van der Waals surface area (Å²) in [4.78, 5) is 21.8. The summed E-state index contributed by atoms with van der Waals surface area (Å²) in [6.07, 6.45) is 0.667. The number of hydrogen-bond acceptors (Lipinski definition) is 3. The Kier molecular flexibility index (Phi) is 7.27. The van der Waals surface area contributed by atoms with Crippen molar-refractivity contribution in [3.05, 3.63) is 12.3 Å². The molecule has 0 aromatic carbocycles. The Labute approximate surface area is 121 Å². The maximum Gasteiger partial charge on any atom is 0.411 e. The number of aliphatic carboxylic acids is 1. The van der Waals surface area contributed by atoms with Gasteiger partial charge in [-0.2, -0.15) is 0 Å². The minimum atomic E-state index is -0.817. The van der Waals surface area contributed by atoms with E-state index < -0.39 is 17.7 Å². The first-order chi connectivity index (χ1) is 8.10. The van der Waals surface area contributed by atoms with Gasteiger partial charge in [0.2, 0.25) is 0 Å². The average Bonchev–Trinajstić information content (AvgIpc) is 2.10. The van der Waals surface area contributed by atoms with Gasteiger partial charge in [0.15, 0.2) is 0 Å². The van der Waals surface area contributed by atoms with Crippen LogP contribution in [0.15, 0.2) is 12.3 Å². The molecule has 0 aliphatic rings. The number of rotatable bonds is 6. The van der Waals surface area contributed by atoms with Crippen molar-refractivity contribution in [3.63, 3.8) is 0 Å². The zero-order chi connectivity index (χ0) is 14.3. The summed E-state index contributed by atoms with van der Waals surface area (Å²) in [5.41, 5.74) is -0.00810. The molecule has 1 atom stereocenters. The lowest BCUT2D eigenvalue weighted by molar-refractivity contribution is -0.137. The first kappa shape index (κ1) is 17.2. The Bertz CT molecular complexity index is 323. The van der Waals surface area contributed by atoms with Gasteiger partial charge in [-0.05, 0) is 33.6 Å². The number of nitrogens with one attached hydrogen (secondary N) is 1. The summed E-state index contributed by atoms with van der Waals surface area (Å²) < 4.78 is 5.21. The lowest BCUT2D eigenvalue weighted by Gasteiger charge is -2.20. The molecule has 18 heavy (non-hydrogen) atoms. The molecule has 0 rings (SSSR count). The van der Waals surface area contributed by atoms with E-state index in [-0.39, 0.29) is 10.3 Å². The Hall–Kier alpha value is -0.790. The third-order valence-corrected chi connectivity index (χ3v) is 2.88. The third kappa shape index (κ3) is 10.4. The number of ether oxygens (including phenoxy) is 1. The van der Waals surface area contributed by atoms with Crippen LogP contribution in [0, 0.1) is 0 Å². The Morgan fingerprint density at radius 3 is 2.44 bits per heavy atom. The largest absolute Gasteiger partial charge is 0.481 e. The van der Waals surface area contributed by atoms with Gasteiger partial charge < -0.3 is 9.84 Å². The molecule has 0 bridgehead atoms. The molecule has 0 unspecified atom stereocenters. The summed E-state index contributed by atoms with van der Waals surface area (Å²) in [7, 11) is 0. The molecule has 0 saturated carbocycles. The molecule has 0 aromatic rings. The fraction of sp³-hybridized carbons (Fsp3) is 0.667. The number of carboxylic acids is 1. The molecule has 0 heterocycles. The first-order valence-corrected chi connectivity index (χ1v) is 6.88. The monoisotopic (exact) mass is 369 g/mol. The molecule has 0 saturated heterocycles. The summed E-state index contributed by atoms with van der Waals surface area (Å²) in [6.45, 7) is 9.07. The van der Waals surface area contributed by atoms with Crippen molar-refractivity contribution in [1.29, 1.82) is 0 Å². The predicted molar refractivity (Wildman–Crippen MR) is 77.8 cm³/mol. The molecule has 104 valence electrons. The minimum Gasteiger partial charge on any atom is -0.481 e. The van der Waals surface area contributed by atoms with Gasteiger partial charge in [-0.3, -0.25) is 10.1 Å². The molecular weight excluding hydrogens is 349 g/mol. The average molecular weight is 369 g/mol. The predicted octanol–water partition coefficient (Wildman–Crippen LogP) is 3.08. The molecule has 2 N–H and O–H groups in total. The zero-order valence-electron chi connectivity index (χ0n) is 11.0. The highest BCUT2D eigenvalue weighted by atomic mass is 127. The number of amides is 1. The number of alkyl halides is 1. The van der Waals surface area contributed by atoms with Crippen molar-refractivity contribution in [3.8, 4) is 0 Å². The van der Waals surface area contributed by atoms with Crippen molar-refractivity contribution >= 4 is 34.7 Å². The van der Waals surface area contributed by atoms with Gasteiger partial charge in [-0.25, -0.2) is 4.79 Å². The number of carbonyl (C=O) groups excluding carboxylic acids is 1. The minimum absolute atomic E-state index is 0.118. The molecule has 0 fully saturated rings. The lowest BCUT2D eigenvalue weighted by Crippen LogP contribution is -2.32. The van der Waals surface area contributed by atoms with Crippen molar-refractivity contribution in [1.82, 2.24) is 5.32 Å². The van der Waals surface area contributed by atoms with Gasteiger partial charge in [0.25, 0.3) is 0 Å². The van der Waals surface area contributed by atoms with E-state index in [1.54, 1.807) is 20.8 Å². The molecule has 0 aliphatic carbocycles. The molecule has 5 nitrogen and oxygen atoms in total. The van der Waals surface area contributed by atoms with Crippen LogP contribution in [-0.2, 0) is 9.53 Å². The van der Waals surface area contributed by atoms with Crippen molar-refractivity contribution < 1.29 is 19.4 Å². The standard InChI is InChI=1S/C12H20INO4/c1-8(7-9(13)5-6-10(15)16)14-11(17)18-12(2,3)4/h9H,1,5-7H2,2-4H3,(H,14,17)(H,15,16)/t9-/m0/s1. The summed E-state index contributed by atoms with van der Waals surface area (Å²) in [5.74, 6) is -0.817. The number of hydrogen-bond donors (Lipinski definition) is 2. The van der Waals surface area contributed by atoms with Crippen LogP contribution >= 0.6 is 22.6 Å².